The van der Waals surface area contributed by atoms with E-state index in [0.29, 0.717) is 5.16 Å². The van der Waals surface area contributed by atoms with Crippen molar-refractivity contribution in [2.75, 3.05) is 6.61 Å². The lowest BCUT2D eigenvalue weighted by Gasteiger charge is -2.30. The fourth-order valence-electron chi connectivity index (χ4n) is 0.902. The van der Waals surface area contributed by atoms with E-state index in [0.717, 1.165) is 0 Å². The summed E-state index contributed by atoms with van der Waals surface area (Å²) in [6.45, 7) is 1.90. The zero-order chi connectivity index (χ0) is 9.14. The molecule has 0 saturated heterocycles. The normalized spacial score (nSPS) is 25.5. The summed E-state index contributed by atoms with van der Waals surface area (Å²) < 4.78 is 0. The molecule has 68 valence electrons. The van der Waals surface area contributed by atoms with Gasteiger partial charge in [-0.05, 0) is 6.92 Å². The molecule has 1 N–H and O–H groups in total. The van der Waals surface area contributed by atoms with Gasteiger partial charge >= 0.3 is 0 Å². The van der Waals surface area contributed by atoms with Crippen LogP contribution in [0.25, 0.3) is 0 Å². The fourth-order valence-corrected chi connectivity index (χ4v) is 1.38. The fraction of sp³-hybridized carbons (Fsp3) is 0.571. The first-order chi connectivity index (χ1) is 5.65. The molecule has 3 nitrogen and oxygen atoms in total. The topological polar surface area (TPSA) is 35.8 Å². The Morgan fingerprint density at radius 1 is 1.83 bits per heavy atom. The van der Waals surface area contributed by atoms with Crippen LogP contribution in [0.3, 0.4) is 0 Å². The number of aliphatic hydroxyl groups excluding tert-OH is 1. The van der Waals surface area contributed by atoms with E-state index in [-0.39, 0.29) is 18.1 Å². The molecule has 12 heavy (non-hydrogen) atoms. The third kappa shape index (κ3) is 2.12. The third-order valence-corrected chi connectivity index (χ3v) is 2.17. The smallest absolute Gasteiger partial charge is 0.144 e. The molecular formula is C7H10Cl2N2O. The summed E-state index contributed by atoms with van der Waals surface area (Å²) >= 11 is 11.5. The molecule has 0 fully saturated rings. The Labute approximate surface area is 81.3 Å². The average Bonchev–Trinajstić information content (AvgIpc) is 2.08. The summed E-state index contributed by atoms with van der Waals surface area (Å²) in [4.78, 5) is 5.57. The zero-order valence-electron chi connectivity index (χ0n) is 6.61. The zero-order valence-corrected chi connectivity index (χ0v) is 8.13. The molecule has 1 heterocycles. The highest BCUT2D eigenvalue weighted by Crippen LogP contribution is 2.18. The largest absolute Gasteiger partial charge is 0.394 e. The predicted octanol–water partition coefficient (Wildman–Crippen LogP) is 1.36. The molecule has 2 unspecified atom stereocenters. The highest BCUT2D eigenvalue weighted by Gasteiger charge is 2.19. The van der Waals surface area contributed by atoms with E-state index in [1.807, 2.05) is 6.92 Å². The number of alkyl halides is 1. The van der Waals surface area contributed by atoms with E-state index >= 15 is 0 Å². The minimum atomic E-state index is -0.324. The van der Waals surface area contributed by atoms with Crippen LogP contribution in [0.5, 0.6) is 0 Å². The van der Waals surface area contributed by atoms with E-state index in [1.54, 1.807) is 11.1 Å². The molecule has 0 aromatic heterocycles. The van der Waals surface area contributed by atoms with Gasteiger partial charge in [-0.25, -0.2) is 4.99 Å². The van der Waals surface area contributed by atoms with Gasteiger partial charge in [0.2, 0.25) is 0 Å². The number of halogens is 2. The second kappa shape index (κ2) is 4.12. The van der Waals surface area contributed by atoms with Crippen LogP contribution in [0.1, 0.15) is 6.92 Å². The predicted molar refractivity (Wildman–Crippen MR) is 50.5 cm³/mol. The molecule has 0 saturated carbocycles. The Kier molecular flexibility index (Phi) is 3.38. The number of hydrogen-bond donors (Lipinski definition) is 1. The molecule has 0 aromatic rings. The number of rotatable bonds is 2. The van der Waals surface area contributed by atoms with E-state index < -0.39 is 0 Å². The van der Waals surface area contributed by atoms with Gasteiger partial charge in [0, 0.05) is 12.4 Å². The number of aliphatic imine (C=N–C) groups is 1. The van der Waals surface area contributed by atoms with Crippen molar-refractivity contribution in [3.8, 4) is 0 Å². The van der Waals surface area contributed by atoms with Gasteiger partial charge in [-0.3, -0.25) is 0 Å². The van der Waals surface area contributed by atoms with Crippen molar-refractivity contribution in [3.05, 3.63) is 11.4 Å². The Morgan fingerprint density at radius 3 is 3.08 bits per heavy atom. The van der Waals surface area contributed by atoms with E-state index in [9.17, 15) is 0 Å². The van der Waals surface area contributed by atoms with Crippen molar-refractivity contribution >= 4 is 29.4 Å². The maximum atomic E-state index is 8.87. The molecule has 0 radical (unpaired) electrons. The Hall–Kier alpha value is -0.250. The Bertz CT molecular complexity index is 217. The summed E-state index contributed by atoms with van der Waals surface area (Å²) in [5.74, 6) is 0. The van der Waals surface area contributed by atoms with E-state index in [1.165, 1.54) is 6.21 Å². The molecule has 2 atom stereocenters. The molecule has 5 heteroatoms. The van der Waals surface area contributed by atoms with Crippen LogP contribution in [-0.4, -0.2) is 34.4 Å². The first-order valence-electron chi connectivity index (χ1n) is 3.59. The summed E-state index contributed by atoms with van der Waals surface area (Å²) in [7, 11) is 0. The van der Waals surface area contributed by atoms with Gasteiger partial charge in [0.25, 0.3) is 0 Å². The van der Waals surface area contributed by atoms with Crippen LogP contribution < -0.4 is 0 Å². The highest BCUT2D eigenvalue weighted by atomic mass is 35.5. The van der Waals surface area contributed by atoms with Crippen molar-refractivity contribution in [2.24, 2.45) is 4.99 Å². The first kappa shape index (κ1) is 9.84. The summed E-state index contributed by atoms with van der Waals surface area (Å²) in [5, 5.41) is 9.26. The quantitative estimate of drug-likeness (QED) is 0.550. The molecule has 0 amide bonds. The monoisotopic (exact) mass is 208 g/mol. The summed E-state index contributed by atoms with van der Waals surface area (Å²) in [6, 6.07) is -0.0481. The van der Waals surface area contributed by atoms with Crippen LogP contribution in [-0.2, 0) is 0 Å². The molecule has 1 aliphatic rings. The maximum Gasteiger partial charge on any atom is 0.144 e. The Balaban J connectivity index is 2.70. The van der Waals surface area contributed by atoms with Gasteiger partial charge in [-0.1, -0.05) is 23.2 Å². The average molecular weight is 209 g/mol. The molecule has 0 aliphatic carbocycles. The SMILES string of the molecule is CC(CO)N1C=C(Cl)N=CC1Cl. The molecular weight excluding hydrogens is 199 g/mol. The lowest BCUT2D eigenvalue weighted by molar-refractivity contribution is 0.180. The molecule has 0 spiro atoms. The van der Waals surface area contributed by atoms with Gasteiger partial charge in [0.05, 0.1) is 12.6 Å². The number of hydrogen-bond acceptors (Lipinski definition) is 3. The number of nitrogens with zero attached hydrogens (tertiary/aromatic N) is 2. The van der Waals surface area contributed by atoms with Crippen LogP contribution in [0.2, 0.25) is 0 Å². The first-order valence-corrected chi connectivity index (χ1v) is 4.40. The van der Waals surface area contributed by atoms with Crippen molar-refractivity contribution in [1.29, 1.82) is 0 Å². The van der Waals surface area contributed by atoms with Crippen molar-refractivity contribution in [3.63, 3.8) is 0 Å². The van der Waals surface area contributed by atoms with Crippen molar-refractivity contribution in [1.82, 2.24) is 4.90 Å². The lowest BCUT2D eigenvalue weighted by atomic mass is 10.3. The van der Waals surface area contributed by atoms with E-state index in [2.05, 4.69) is 4.99 Å². The van der Waals surface area contributed by atoms with Gasteiger partial charge in [0.15, 0.2) is 0 Å². The van der Waals surface area contributed by atoms with Crippen molar-refractivity contribution in [2.45, 2.75) is 18.5 Å². The van der Waals surface area contributed by atoms with E-state index in [4.69, 9.17) is 28.3 Å². The second-order valence-electron chi connectivity index (χ2n) is 2.58. The van der Waals surface area contributed by atoms with Gasteiger partial charge < -0.3 is 10.0 Å². The minimum absolute atomic E-state index is 0.0394. The number of aliphatic hydroxyl groups is 1. The second-order valence-corrected chi connectivity index (χ2v) is 3.42. The molecule has 0 aromatic carbocycles. The Morgan fingerprint density at radius 2 is 2.50 bits per heavy atom. The van der Waals surface area contributed by atoms with Crippen LogP contribution in [0, 0.1) is 0 Å². The van der Waals surface area contributed by atoms with Gasteiger partial charge in [0.1, 0.15) is 10.7 Å². The van der Waals surface area contributed by atoms with Crippen molar-refractivity contribution < 1.29 is 5.11 Å². The third-order valence-electron chi connectivity index (χ3n) is 1.63. The summed E-state index contributed by atoms with van der Waals surface area (Å²) in [6.07, 6.45) is 3.16. The van der Waals surface area contributed by atoms with Crippen LogP contribution in [0.4, 0.5) is 0 Å². The highest BCUT2D eigenvalue weighted by molar-refractivity contribution is 6.32. The standard InChI is InChI=1S/C7H10Cl2N2O/c1-5(4-12)11-3-6(8)10-2-7(11)9/h2-3,5,7,12H,4H2,1H3. The minimum Gasteiger partial charge on any atom is -0.394 e. The van der Waals surface area contributed by atoms with Gasteiger partial charge in [-0.15, -0.1) is 0 Å². The maximum absolute atomic E-state index is 8.87. The summed E-state index contributed by atoms with van der Waals surface area (Å²) in [5.41, 5.74) is -0.324. The lowest BCUT2D eigenvalue weighted by Crippen LogP contribution is -2.39. The molecule has 0 bridgehead atoms. The molecule has 1 aliphatic heterocycles. The van der Waals surface area contributed by atoms with Crippen LogP contribution >= 0.6 is 23.2 Å². The van der Waals surface area contributed by atoms with Crippen LogP contribution in [0.15, 0.2) is 16.3 Å². The van der Waals surface area contributed by atoms with Gasteiger partial charge in [-0.2, -0.15) is 0 Å². The molecule has 1 rings (SSSR count).